The largest absolute Gasteiger partial charge is 0.481 e. The molecule has 0 saturated carbocycles. The van der Waals surface area contributed by atoms with Gasteiger partial charge in [-0.15, -0.1) is 0 Å². The van der Waals surface area contributed by atoms with Crippen molar-refractivity contribution in [1.82, 2.24) is 0 Å². The van der Waals surface area contributed by atoms with Gasteiger partial charge in [-0.05, 0) is 74.0 Å². The Morgan fingerprint density at radius 2 is 1.58 bits per heavy atom. The molecule has 2 amide bonds. The van der Waals surface area contributed by atoms with Crippen molar-refractivity contribution < 1.29 is 14.3 Å². The van der Waals surface area contributed by atoms with Gasteiger partial charge in [0.05, 0.1) is 10.7 Å². The van der Waals surface area contributed by atoms with Crippen molar-refractivity contribution >= 4 is 58.0 Å². The normalized spacial score (nSPS) is 11.5. The van der Waals surface area contributed by atoms with E-state index in [4.69, 9.17) is 39.5 Å². The third-order valence-corrected chi connectivity index (χ3v) is 5.39. The monoisotopic (exact) mass is 476 g/mol. The Balaban J connectivity index is 1.60. The minimum Gasteiger partial charge on any atom is -0.481 e. The third kappa shape index (κ3) is 6.14. The lowest BCUT2D eigenvalue weighted by Crippen LogP contribution is -2.30. The third-order valence-electron chi connectivity index (χ3n) is 4.41. The van der Waals surface area contributed by atoms with Crippen molar-refractivity contribution in [2.24, 2.45) is 0 Å². The summed E-state index contributed by atoms with van der Waals surface area (Å²) in [5.41, 5.74) is 2.32. The molecule has 0 heterocycles. The first-order valence-corrected chi connectivity index (χ1v) is 10.5. The van der Waals surface area contributed by atoms with Crippen LogP contribution in [0.1, 0.15) is 22.8 Å². The first-order valence-electron chi connectivity index (χ1n) is 9.33. The van der Waals surface area contributed by atoms with Crippen LogP contribution in [0.2, 0.25) is 15.1 Å². The predicted octanol–water partition coefficient (Wildman–Crippen LogP) is 6.61. The van der Waals surface area contributed by atoms with Crippen LogP contribution < -0.4 is 15.4 Å². The van der Waals surface area contributed by atoms with E-state index >= 15 is 0 Å². The Labute approximate surface area is 195 Å². The molecule has 2 N–H and O–H groups in total. The molecule has 0 spiro atoms. The summed E-state index contributed by atoms with van der Waals surface area (Å²) in [6.07, 6.45) is -0.759. The minimum atomic E-state index is -0.759. The van der Waals surface area contributed by atoms with E-state index in [9.17, 15) is 9.59 Å². The highest BCUT2D eigenvalue weighted by atomic mass is 35.5. The number of carbonyl (C=O) groups is 2. The van der Waals surface area contributed by atoms with Crippen LogP contribution in [-0.2, 0) is 4.79 Å². The molecule has 0 fully saturated rings. The fourth-order valence-electron chi connectivity index (χ4n) is 2.64. The van der Waals surface area contributed by atoms with Gasteiger partial charge < -0.3 is 15.4 Å². The number of amides is 2. The number of aryl methyl sites for hydroxylation is 1. The molecule has 0 bridgehead atoms. The lowest BCUT2D eigenvalue weighted by molar-refractivity contribution is -0.122. The quantitative estimate of drug-likeness (QED) is 0.419. The van der Waals surface area contributed by atoms with Crippen molar-refractivity contribution in [2.45, 2.75) is 20.0 Å². The molecule has 0 aliphatic heterocycles. The highest BCUT2D eigenvalue weighted by molar-refractivity contribution is 6.36. The number of nitrogens with one attached hydrogen (secondary N) is 2. The first kappa shape index (κ1) is 22.9. The Morgan fingerprint density at radius 1 is 0.871 bits per heavy atom. The van der Waals surface area contributed by atoms with E-state index in [1.807, 2.05) is 13.0 Å². The number of halogens is 3. The number of rotatable bonds is 6. The van der Waals surface area contributed by atoms with Gasteiger partial charge in [0.25, 0.3) is 11.8 Å². The number of hydrogen-bond acceptors (Lipinski definition) is 3. The van der Waals surface area contributed by atoms with Crippen molar-refractivity contribution in [3.05, 3.63) is 86.9 Å². The van der Waals surface area contributed by atoms with Crippen LogP contribution in [0.4, 0.5) is 11.4 Å². The van der Waals surface area contributed by atoms with E-state index in [0.717, 1.165) is 5.56 Å². The Morgan fingerprint density at radius 3 is 2.26 bits per heavy atom. The van der Waals surface area contributed by atoms with Crippen LogP contribution in [-0.4, -0.2) is 17.9 Å². The van der Waals surface area contributed by atoms with Crippen LogP contribution in [0, 0.1) is 6.92 Å². The van der Waals surface area contributed by atoms with Crippen LogP contribution in [0.25, 0.3) is 0 Å². The molecule has 3 aromatic rings. The summed E-state index contributed by atoms with van der Waals surface area (Å²) in [5.74, 6) is -0.225. The highest BCUT2D eigenvalue weighted by Gasteiger charge is 2.16. The van der Waals surface area contributed by atoms with Crippen molar-refractivity contribution in [3.8, 4) is 5.75 Å². The Bertz CT molecular complexity index is 1120. The molecule has 1 atom stereocenters. The Hall–Kier alpha value is -2.73. The maximum atomic E-state index is 12.4. The van der Waals surface area contributed by atoms with Crippen molar-refractivity contribution in [3.63, 3.8) is 0 Å². The molecular formula is C23H19Cl3N2O3. The standard InChI is InChI=1S/C23H19Cl3N2O3/c1-13-3-7-17(12-20(13)26)27-22(29)14(2)31-18-8-4-15(5-9-18)23(30)28-21-11-16(24)6-10-19(21)25/h3-12,14H,1-2H3,(H,27,29)(H,28,30). The zero-order valence-electron chi connectivity index (χ0n) is 16.7. The van der Waals surface area contributed by atoms with Gasteiger partial charge in [-0.3, -0.25) is 9.59 Å². The van der Waals surface area contributed by atoms with E-state index in [1.54, 1.807) is 61.5 Å². The lowest BCUT2D eigenvalue weighted by atomic mass is 10.2. The van der Waals surface area contributed by atoms with E-state index in [-0.39, 0.29) is 11.8 Å². The van der Waals surface area contributed by atoms with Crippen LogP contribution >= 0.6 is 34.8 Å². The van der Waals surface area contributed by atoms with E-state index in [2.05, 4.69) is 10.6 Å². The summed E-state index contributed by atoms with van der Waals surface area (Å²) in [6, 6.07) is 16.5. The molecule has 5 nitrogen and oxygen atoms in total. The van der Waals surface area contributed by atoms with E-state index in [1.165, 1.54) is 0 Å². The van der Waals surface area contributed by atoms with Gasteiger partial charge in [0.15, 0.2) is 6.10 Å². The minimum absolute atomic E-state index is 0.322. The van der Waals surface area contributed by atoms with Crippen LogP contribution in [0.5, 0.6) is 5.75 Å². The van der Waals surface area contributed by atoms with Gasteiger partial charge >= 0.3 is 0 Å². The predicted molar refractivity (Wildman–Crippen MR) is 126 cm³/mol. The van der Waals surface area contributed by atoms with Gasteiger partial charge in [-0.1, -0.05) is 40.9 Å². The number of carbonyl (C=O) groups excluding carboxylic acids is 2. The molecule has 160 valence electrons. The molecule has 3 rings (SSSR count). The maximum absolute atomic E-state index is 12.4. The number of hydrogen-bond donors (Lipinski definition) is 2. The van der Waals surface area contributed by atoms with E-state index < -0.39 is 6.10 Å². The summed E-state index contributed by atoms with van der Waals surface area (Å²) in [6.45, 7) is 3.51. The molecule has 0 saturated heterocycles. The summed E-state index contributed by atoms with van der Waals surface area (Å²) in [4.78, 5) is 24.8. The van der Waals surface area contributed by atoms with Crippen molar-refractivity contribution in [2.75, 3.05) is 10.6 Å². The zero-order valence-corrected chi connectivity index (χ0v) is 19.0. The summed E-state index contributed by atoms with van der Waals surface area (Å²) in [5, 5.41) is 6.88. The fraction of sp³-hybridized carbons (Fsp3) is 0.130. The number of ether oxygens (including phenoxy) is 1. The van der Waals surface area contributed by atoms with Crippen LogP contribution in [0.3, 0.4) is 0 Å². The summed E-state index contributed by atoms with van der Waals surface area (Å²) >= 11 is 18.1. The molecule has 8 heteroatoms. The van der Waals surface area contributed by atoms with Gasteiger partial charge in [-0.25, -0.2) is 0 Å². The van der Waals surface area contributed by atoms with Gasteiger partial charge in [0.2, 0.25) is 0 Å². The second-order valence-corrected chi connectivity index (χ2v) is 8.07. The summed E-state index contributed by atoms with van der Waals surface area (Å²) in [7, 11) is 0. The van der Waals surface area contributed by atoms with E-state index in [0.29, 0.717) is 37.8 Å². The topological polar surface area (TPSA) is 67.4 Å². The average molecular weight is 478 g/mol. The van der Waals surface area contributed by atoms with Gasteiger partial charge in [-0.2, -0.15) is 0 Å². The van der Waals surface area contributed by atoms with Gasteiger partial charge in [0, 0.05) is 21.3 Å². The molecule has 0 radical (unpaired) electrons. The average Bonchev–Trinajstić information content (AvgIpc) is 2.73. The smallest absolute Gasteiger partial charge is 0.265 e. The summed E-state index contributed by atoms with van der Waals surface area (Å²) < 4.78 is 5.67. The lowest BCUT2D eigenvalue weighted by Gasteiger charge is -2.15. The molecule has 31 heavy (non-hydrogen) atoms. The maximum Gasteiger partial charge on any atom is 0.265 e. The second-order valence-electron chi connectivity index (χ2n) is 6.82. The van der Waals surface area contributed by atoms with Crippen LogP contribution in [0.15, 0.2) is 60.7 Å². The number of benzene rings is 3. The molecular weight excluding hydrogens is 459 g/mol. The first-order chi connectivity index (χ1) is 14.7. The molecule has 0 aromatic heterocycles. The second kappa shape index (κ2) is 10.1. The molecule has 1 unspecified atom stereocenters. The SMILES string of the molecule is Cc1ccc(NC(=O)C(C)Oc2ccc(C(=O)Nc3cc(Cl)ccc3Cl)cc2)cc1Cl. The van der Waals surface area contributed by atoms with Crippen molar-refractivity contribution in [1.29, 1.82) is 0 Å². The fourth-order valence-corrected chi connectivity index (χ4v) is 3.16. The number of anilines is 2. The molecule has 0 aliphatic rings. The molecule has 3 aromatic carbocycles. The highest BCUT2D eigenvalue weighted by Crippen LogP contribution is 2.26. The molecule has 0 aliphatic carbocycles. The Kier molecular flexibility index (Phi) is 7.44. The van der Waals surface area contributed by atoms with Gasteiger partial charge in [0.1, 0.15) is 5.75 Å². The zero-order chi connectivity index (χ0) is 22.5.